The average Bonchev–Trinajstić information content (AvgIpc) is 2.81. The summed E-state index contributed by atoms with van der Waals surface area (Å²) in [5.41, 5.74) is 1.91. The summed E-state index contributed by atoms with van der Waals surface area (Å²) in [4.78, 5) is 8.04. The Morgan fingerprint density at radius 3 is 2.93 bits per heavy atom. The van der Waals surface area contributed by atoms with Crippen LogP contribution in [0.5, 0.6) is 0 Å². The van der Waals surface area contributed by atoms with Gasteiger partial charge < -0.3 is 10.2 Å². The first-order chi connectivity index (χ1) is 7.42. The highest BCUT2D eigenvalue weighted by molar-refractivity contribution is 7.09. The van der Waals surface area contributed by atoms with Crippen molar-refractivity contribution >= 4 is 11.3 Å². The highest BCUT2D eigenvalue weighted by Crippen LogP contribution is 2.27. The quantitative estimate of drug-likeness (QED) is 0.838. The third-order valence-electron chi connectivity index (χ3n) is 3.68. The molecule has 0 spiro atoms. The largest absolute Gasteiger partial charge is 0.307 e. The lowest BCUT2D eigenvalue weighted by Crippen LogP contribution is -2.55. The minimum absolute atomic E-state index is 0.717. The zero-order valence-electron chi connectivity index (χ0n) is 8.85. The van der Waals surface area contributed by atoms with Gasteiger partial charge in [-0.1, -0.05) is 0 Å². The van der Waals surface area contributed by atoms with E-state index in [0.717, 1.165) is 18.5 Å². The fraction of sp³-hybridized carbons (Fsp3) is 0.727. The van der Waals surface area contributed by atoms with Gasteiger partial charge in [0, 0.05) is 30.2 Å². The van der Waals surface area contributed by atoms with E-state index in [4.69, 9.17) is 0 Å². The van der Waals surface area contributed by atoms with E-state index in [1.807, 2.05) is 11.7 Å². The Labute approximate surface area is 94.5 Å². The SMILES string of the molecule is c1ncc(CNC2CN3CCC2CC3)s1. The van der Waals surface area contributed by atoms with Crippen LogP contribution < -0.4 is 5.32 Å². The highest BCUT2D eigenvalue weighted by Gasteiger charge is 2.33. The van der Waals surface area contributed by atoms with Crippen molar-refractivity contribution < 1.29 is 0 Å². The van der Waals surface area contributed by atoms with Gasteiger partial charge in [0.05, 0.1) is 5.51 Å². The molecule has 4 heteroatoms. The summed E-state index contributed by atoms with van der Waals surface area (Å²) in [7, 11) is 0. The Morgan fingerprint density at radius 2 is 2.33 bits per heavy atom. The molecule has 82 valence electrons. The third-order valence-corrected chi connectivity index (χ3v) is 4.46. The van der Waals surface area contributed by atoms with E-state index < -0.39 is 0 Å². The first kappa shape index (κ1) is 9.75. The van der Waals surface area contributed by atoms with E-state index in [1.165, 1.54) is 37.4 Å². The zero-order valence-corrected chi connectivity index (χ0v) is 9.67. The second kappa shape index (κ2) is 4.20. The number of nitrogens with one attached hydrogen (secondary N) is 1. The molecular weight excluding hydrogens is 206 g/mol. The minimum atomic E-state index is 0.717. The first-order valence-corrected chi connectivity index (χ1v) is 6.63. The predicted octanol–water partition coefficient (Wildman–Crippen LogP) is 1.33. The fourth-order valence-corrected chi connectivity index (χ4v) is 3.30. The Morgan fingerprint density at radius 1 is 1.47 bits per heavy atom. The van der Waals surface area contributed by atoms with Gasteiger partial charge in [0.15, 0.2) is 0 Å². The van der Waals surface area contributed by atoms with Gasteiger partial charge in [-0.15, -0.1) is 11.3 Å². The van der Waals surface area contributed by atoms with Crippen LogP contribution in [0.2, 0.25) is 0 Å². The van der Waals surface area contributed by atoms with Crippen molar-refractivity contribution in [2.75, 3.05) is 19.6 Å². The normalized spacial score (nSPS) is 34.5. The molecule has 3 aliphatic rings. The summed E-state index contributed by atoms with van der Waals surface area (Å²) >= 11 is 1.74. The Balaban J connectivity index is 1.55. The minimum Gasteiger partial charge on any atom is -0.307 e. The molecule has 1 aromatic rings. The van der Waals surface area contributed by atoms with Crippen LogP contribution in [0.15, 0.2) is 11.7 Å². The molecule has 2 bridgehead atoms. The summed E-state index contributed by atoms with van der Waals surface area (Å²) in [6, 6.07) is 0.717. The summed E-state index contributed by atoms with van der Waals surface area (Å²) in [6.45, 7) is 4.90. The van der Waals surface area contributed by atoms with Gasteiger partial charge in [-0.25, -0.2) is 0 Å². The van der Waals surface area contributed by atoms with Crippen molar-refractivity contribution in [3.8, 4) is 0 Å². The lowest BCUT2D eigenvalue weighted by molar-refractivity contribution is 0.0721. The second-order valence-electron chi connectivity index (χ2n) is 4.59. The van der Waals surface area contributed by atoms with Gasteiger partial charge in [0.1, 0.15) is 0 Å². The zero-order chi connectivity index (χ0) is 10.1. The second-order valence-corrected chi connectivity index (χ2v) is 5.56. The number of hydrogen-bond acceptors (Lipinski definition) is 4. The van der Waals surface area contributed by atoms with Gasteiger partial charge in [-0.05, 0) is 31.8 Å². The highest BCUT2D eigenvalue weighted by atomic mass is 32.1. The maximum Gasteiger partial charge on any atom is 0.0794 e. The molecule has 0 radical (unpaired) electrons. The van der Waals surface area contributed by atoms with Gasteiger partial charge >= 0.3 is 0 Å². The predicted molar refractivity (Wildman–Crippen MR) is 61.9 cm³/mol. The van der Waals surface area contributed by atoms with Crippen LogP contribution in [0.4, 0.5) is 0 Å². The van der Waals surface area contributed by atoms with E-state index in [2.05, 4.69) is 15.2 Å². The van der Waals surface area contributed by atoms with Crippen molar-refractivity contribution in [3.63, 3.8) is 0 Å². The Hall–Kier alpha value is -0.450. The van der Waals surface area contributed by atoms with E-state index >= 15 is 0 Å². The number of thiazole rings is 1. The molecule has 3 fully saturated rings. The molecule has 1 atom stereocenters. The summed E-state index contributed by atoms with van der Waals surface area (Å²) in [6.07, 6.45) is 4.75. The lowest BCUT2D eigenvalue weighted by atomic mass is 9.84. The molecule has 1 unspecified atom stereocenters. The standard InChI is InChI=1S/C11H17N3S/c1-3-14-4-2-9(1)11(7-14)13-6-10-5-12-8-15-10/h5,8-9,11,13H,1-4,6-7H2. The van der Waals surface area contributed by atoms with Crippen LogP contribution >= 0.6 is 11.3 Å². The Kier molecular flexibility index (Phi) is 2.73. The number of aromatic nitrogens is 1. The first-order valence-electron chi connectivity index (χ1n) is 5.75. The van der Waals surface area contributed by atoms with E-state index in [-0.39, 0.29) is 0 Å². The van der Waals surface area contributed by atoms with Gasteiger partial charge in [-0.2, -0.15) is 0 Å². The molecule has 3 saturated heterocycles. The number of rotatable bonds is 3. The topological polar surface area (TPSA) is 28.2 Å². The van der Waals surface area contributed by atoms with Crippen molar-refractivity contribution in [3.05, 3.63) is 16.6 Å². The van der Waals surface area contributed by atoms with Crippen LogP contribution in [0, 0.1) is 5.92 Å². The molecule has 1 aromatic heterocycles. The number of piperidine rings is 3. The van der Waals surface area contributed by atoms with Crippen LogP contribution in [-0.2, 0) is 6.54 Å². The van der Waals surface area contributed by atoms with E-state index in [1.54, 1.807) is 11.3 Å². The average molecular weight is 223 g/mol. The molecular formula is C11H17N3S. The van der Waals surface area contributed by atoms with E-state index in [0.29, 0.717) is 0 Å². The molecule has 0 saturated carbocycles. The number of fused-ring (bicyclic) bond motifs is 3. The number of hydrogen-bond donors (Lipinski definition) is 1. The van der Waals surface area contributed by atoms with Gasteiger partial charge in [0.25, 0.3) is 0 Å². The molecule has 1 N–H and O–H groups in total. The third kappa shape index (κ3) is 2.07. The molecule has 0 aliphatic carbocycles. The monoisotopic (exact) mass is 223 g/mol. The van der Waals surface area contributed by atoms with Crippen molar-refractivity contribution in [2.45, 2.75) is 25.4 Å². The van der Waals surface area contributed by atoms with Crippen LogP contribution in [0.25, 0.3) is 0 Å². The molecule has 3 nitrogen and oxygen atoms in total. The summed E-state index contributed by atoms with van der Waals surface area (Å²) in [5, 5.41) is 3.68. The molecule has 0 amide bonds. The molecule has 0 aromatic carbocycles. The fourth-order valence-electron chi connectivity index (χ4n) is 2.76. The molecule has 4 rings (SSSR count). The molecule has 4 heterocycles. The smallest absolute Gasteiger partial charge is 0.0794 e. The van der Waals surface area contributed by atoms with Crippen LogP contribution in [-0.4, -0.2) is 35.6 Å². The van der Waals surface area contributed by atoms with E-state index in [9.17, 15) is 0 Å². The lowest BCUT2D eigenvalue weighted by Gasteiger charge is -2.45. The summed E-state index contributed by atoms with van der Waals surface area (Å²) < 4.78 is 0. The Bertz CT molecular complexity index is 304. The van der Waals surface area contributed by atoms with Crippen LogP contribution in [0.1, 0.15) is 17.7 Å². The van der Waals surface area contributed by atoms with Gasteiger partial charge in [-0.3, -0.25) is 4.98 Å². The van der Waals surface area contributed by atoms with Crippen LogP contribution in [0.3, 0.4) is 0 Å². The molecule has 3 aliphatic heterocycles. The van der Waals surface area contributed by atoms with Crippen molar-refractivity contribution in [2.24, 2.45) is 5.92 Å². The number of nitrogens with zero attached hydrogens (tertiary/aromatic N) is 2. The maximum atomic E-state index is 4.10. The van der Waals surface area contributed by atoms with Crippen molar-refractivity contribution in [1.29, 1.82) is 0 Å². The van der Waals surface area contributed by atoms with Gasteiger partial charge in [0.2, 0.25) is 0 Å². The van der Waals surface area contributed by atoms with Crippen molar-refractivity contribution in [1.82, 2.24) is 15.2 Å². The maximum absolute atomic E-state index is 4.10. The molecule has 15 heavy (non-hydrogen) atoms. The summed E-state index contributed by atoms with van der Waals surface area (Å²) in [5.74, 6) is 0.919.